The SMILES string of the molecule is CC1CCN(c2ccc(C3CCC4(CC3)CC(C(=O)O)C4)cc2)C(=O)c2c(N)ncnc2O1. The summed E-state index contributed by atoms with van der Waals surface area (Å²) in [5, 5.41) is 9.20. The number of carbonyl (C=O) groups excluding carboxylic acids is 1. The van der Waals surface area contributed by atoms with Crippen molar-refractivity contribution in [3.8, 4) is 5.88 Å². The maximum absolute atomic E-state index is 13.3. The van der Waals surface area contributed by atoms with E-state index in [2.05, 4.69) is 22.1 Å². The van der Waals surface area contributed by atoms with Crippen molar-refractivity contribution in [1.29, 1.82) is 0 Å². The summed E-state index contributed by atoms with van der Waals surface area (Å²) in [6.45, 7) is 2.47. The van der Waals surface area contributed by atoms with Crippen molar-refractivity contribution in [2.24, 2.45) is 11.3 Å². The Kier molecular flexibility index (Phi) is 5.46. The predicted octanol–water partition coefficient (Wildman–Crippen LogP) is 4.02. The molecule has 8 heteroatoms. The van der Waals surface area contributed by atoms with Gasteiger partial charge in [0.05, 0.1) is 12.0 Å². The number of amides is 1. The summed E-state index contributed by atoms with van der Waals surface area (Å²) in [4.78, 5) is 34.4. The van der Waals surface area contributed by atoms with Gasteiger partial charge in [0.25, 0.3) is 5.91 Å². The number of rotatable bonds is 3. The number of aromatic nitrogens is 2. The Morgan fingerprint density at radius 2 is 1.85 bits per heavy atom. The second kappa shape index (κ2) is 8.32. The molecule has 1 unspecified atom stereocenters. The van der Waals surface area contributed by atoms with Gasteiger partial charge in [-0.25, -0.2) is 9.97 Å². The van der Waals surface area contributed by atoms with Gasteiger partial charge in [-0.15, -0.1) is 0 Å². The molecule has 0 radical (unpaired) electrons. The quantitative estimate of drug-likeness (QED) is 0.725. The number of nitrogens with two attached hydrogens (primary N) is 1. The molecule has 1 amide bonds. The number of benzene rings is 1. The van der Waals surface area contributed by atoms with Crippen LogP contribution in [0.15, 0.2) is 30.6 Å². The Balaban J connectivity index is 1.30. The topological polar surface area (TPSA) is 119 Å². The van der Waals surface area contributed by atoms with Crippen molar-refractivity contribution >= 4 is 23.4 Å². The molecule has 2 aromatic rings. The third kappa shape index (κ3) is 4.03. The highest BCUT2D eigenvalue weighted by Gasteiger charge is 2.48. The van der Waals surface area contributed by atoms with E-state index >= 15 is 0 Å². The number of ether oxygens (including phenoxy) is 1. The van der Waals surface area contributed by atoms with Crippen LogP contribution in [0.5, 0.6) is 5.88 Å². The van der Waals surface area contributed by atoms with E-state index in [1.54, 1.807) is 4.90 Å². The van der Waals surface area contributed by atoms with Gasteiger partial charge in [0.15, 0.2) is 0 Å². The molecule has 1 atom stereocenters. The fourth-order valence-electron chi connectivity index (χ4n) is 5.77. The van der Waals surface area contributed by atoms with E-state index in [4.69, 9.17) is 10.5 Å². The number of aliphatic carboxylic acids is 1. The van der Waals surface area contributed by atoms with Crippen LogP contribution < -0.4 is 15.4 Å². The average Bonchev–Trinajstić information content (AvgIpc) is 2.77. The van der Waals surface area contributed by atoms with Crippen molar-refractivity contribution in [2.75, 3.05) is 17.2 Å². The molecule has 33 heavy (non-hydrogen) atoms. The van der Waals surface area contributed by atoms with Gasteiger partial charge < -0.3 is 20.5 Å². The van der Waals surface area contributed by atoms with E-state index in [1.165, 1.54) is 11.9 Å². The van der Waals surface area contributed by atoms with Crippen molar-refractivity contribution in [1.82, 2.24) is 9.97 Å². The van der Waals surface area contributed by atoms with Crippen LogP contribution in [0.25, 0.3) is 0 Å². The number of carbonyl (C=O) groups is 2. The number of carboxylic acids is 1. The van der Waals surface area contributed by atoms with E-state index in [9.17, 15) is 14.7 Å². The lowest BCUT2D eigenvalue weighted by molar-refractivity contribution is -0.151. The van der Waals surface area contributed by atoms with Crippen molar-refractivity contribution in [3.63, 3.8) is 0 Å². The zero-order chi connectivity index (χ0) is 23.2. The maximum Gasteiger partial charge on any atom is 0.306 e. The number of fused-ring (bicyclic) bond motifs is 1. The zero-order valence-corrected chi connectivity index (χ0v) is 18.9. The smallest absolute Gasteiger partial charge is 0.306 e. The van der Waals surface area contributed by atoms with Crippen LogP contribution >= 0.6 is 0 Å². The summed E-state index contributed by atoms with van der Waals surface area (Å²) in [7, 11) is 0. The van der Waals surface area contributed by atoms with E-state index in [-0.39, 0.29) is 40.6 Å². The van der Waals surface area contributed by atoms with E-state index in [1.807, 2.05) is 19.1 Å². The largest absolute Gasteiger partial charge is 0.481 e. The van der Waals surface area contributed by atoms with Crippen molar-refractivity contribution in [2.45, 2.75) is 63.9 Å². The minimum atomic E-state index is -0.644. The van der Waals surface area contributed by atoms with Gasteiger partial charge in [0.2, 0.25) is 5.88 Å². The first-order valence-electron chi connectivity index (χ1n) is 11.8. The molecule has 5 rings (SSSR count). The zero-order valence-electron chi connectivity index (χ0n) is 18.9. The minimum Gasteiger partial charge on any atom is -0.481 e. The average molecular weight is 451 g/mol. The lowest BCUT2D eigenvalue weighted by Crippen LogP contribution is -2.43. The third-order valence-electron chi connectivity index (χ3n) is 7.80. The molecule has 3 N–H and O–H groups in total. The molecular formula is C25H30N4O4. The molecule has 1 aliphatic heterocycles. The number of hydrogen-bond donors (Lipinski definition) is 2. The Labute approximate surface area is 193 Å². The summed E-state index contributed by atoms with van der Waals surface area (Å²) >= 11 is 0. The summed E-state index contributed by atoms with van der Waals surface area (Å²) in [5.74, 6) is -0.199. The highest BCUT2D eigenvalue weighted by molar-refractivity contribution is 6.10. The van der Waals surface area contributed by atoms with E-state index < -0.39 is 5.97 Å². The van der Waals surface area contributed by atoms with Gasteiger partial charge in [0.1, 0.15) is 17.7 Å². The number of anilines is 2. The number of nitrogen functional groups attached to an aromatic ring is 1. The molecular weight excluding hydrogens is 420 g/mol. The highest BCUT2D eigenvalue weighted by atomic mass is 16.5. The van der Waals surface area contributed by atoms with Crippen molar-refractivity contribution in [3.05, 3.63) is 41.7 Å². The van der Waals surface area contributed by atoms with Crippen LogP contribution in [0.4, 0.5) is 11.5 Å². The molecule has 1 spiro atoms. The minimum absolute atomic E-state index is 0.102. The van der Waals surface area contributed by atoms with Crippen LogP contribution in [0, 0.1) is 11.3 Å². The maximum atomic E-state index is 13.3. The number of hydrogen-bond acceptors (Lipinski definition) is 6. The van der Waals surface area contributed by atoms with Crippen LogP contribution in [-0.4, -0.2) is 39.6 Å². The van der Waals surface area contributed by atoms with Crippen LogP contribution in [-0.2, 0) is 4.79 Å². The third-order valence-corrected chi connectivity index (χ3v) is 7.80. The molecule has 2 saturated carbocycles. The summed E-state index contributed by atoms with van der Waals surface area (Å²) in [6, 6.07) is 8.26. The first-order valence-corrected chi connectivity index (χ1v) is 11.8. The molecule has 2 aliphatic carbocycles. The molecule has 2 heterocycles. The fourth-order valence-corrected chi connectivity index (χ4v) is 5.77. The van der Waals surface area contributed by atoms with Crippen LogP contribution in [0.3, 0.4) is 0 Å². The Morgan fingerprint density at radius 1 is 1.15 bits per heavy atom. The van der Waals surface area contributed by atoms with Crippen LogP contribution in [0.2, 0.25) is 0 Å². The van der Waals surface area contributed by atoms with Crippen molar-refractivity contribution < 1.29 is 19.4 Å². The monoisotopic (exact) mass is 450 g/mol. The Bertz CT molecular complexity index is 1050. The molecule has 3 aliphatic rings. The van der Waals surface area contributed by atoms with E-state index in [0.29, 0.717) is 18.9 Å². The van der Waals surface area contributed by atoms with E-state index in [0.717, 1.165) is 44.2 Å². The lowest BCUT2D eigenvalue weighted by atomic mass is 9.54. The fraction of sp³-hybridized carbons (Fsp3) is 0.520. The van der Waals surface area contributed by atoms with Crippen LogP contribution in [0.1, 0.15) is 73.7 Å². The second-order valence-corrected chi connectivity index (χ2v) is 9.92. The Hall–Kier alpha value is -3.16. The van der Waals surface area contributed by atoms with Gasteiger partial charge in [0, 0.05) is 18.7 Å². The Morgan fingerprint density at radius 3 is 2.52 bits per heavy atom. The normalized spacial score (nSPS) is 29.4. The van der Waals surface area contributed by atoms with Gasteiger partial charge in [-0.2, -0.15) is 0 Å². The molecule has 174 valence electrons. The summed E-state index contributed by atoms with van der Waals surface area (Å²) in [5.41, 5.74) is 8.58. The summed E-state index contributed by atoms with van der Waals surface area (Å²) in [6.07, 6.45) is 7.93. The molecule has 1 aromatic carbocycles. The molecule has 0 bridgehead atoms. The first kappa shape index (κ1) is 21.7. The van der Waals surface area contributed by atoms with Gasteiger partial charge >= 0.3 is 5.97 Å². The number of nitrogens with zero attached hydrogens (tertiary/aromatic N) is 3. The first-order chi connectivity index (χ1) is 15.8. The highest BCUT2D eigenvalue weighted by Crippen LogP contribution is 2.57. The van der Waals surface area contributed by atoms with Gasteiger partial charge in [-0.1, -0.05) is 12.1 Å². The standard InChI is InChI=1S/C25H30N4O4/c1-15-8-11-29(23(30)20-21(26)27-14-28-22(20)33-15)19-4-2-16(3-5-19)17-6-9-25(10-7-17)12-18(13-25)24(31)32/h2-5,14-15,17-18H,6-13H2,1H3,(H,31,32)(H2,26,27,28). The summed E-state index contributed by atoms with van der Waals surface area (Å²) < 4.78 is 5.81. The number of carboxylic acid groups (broad SMARTS) is 1. The molecule has 0 saturated heterocycles. The predicted molar refractivity (Wildman–Crippen MR) is 123 cm³/mol. The molecule has 2 fully saturated rings. The molecule has 8 nitrogen and oxygen atoms in total. The lowest BCUT2D eigenvalue weighted by Gasteiger charge is -2.50. The second-order valence-electron chi connectivity index (χ2n) is 9.92. The van der Waals surface area contributed by atoms with Gasteiger partial charge in [-0.3, -0.25) is 9.59 Å². The van der Waals surface area contributed by atoms with Gasteiger partial charge in [-0.05, 0) is 74.5 Å². The molecule has 1 aromatic heterocycles.